The molecule has 0 rings (SSSR count). The van der Waals surface area contributed by atoms with Crippen LogP contribution in [-0.2, 0) is 0 Å². The van der Waals surface area contributed by atoms with E-state index in [4.69, 9.17) is 28.5 Å². The summed E-state index contributed by atoms with van der Waals surface area (Å²) in [4.78, 5) is 0. The van der Waals surface area contributed by atoms with E-state index in [-0.39, 0.29) is 15.7 Å². The van der Waals surface area contributed by atoms with Gasteiger partial charge in [-0.2, -0.15) is 5.26 Å². The molecule has 0 radical (unpaired) electrons. The van der Waals surface area contributed by atoms with Gasteiger partial charge in [-0.3, -0.25) is 0 Å². The van der Waals surface area contributed by atoms with Crippen LogP contribution in [0, 0.1) is 11.3 Å². The normalized spacial score (nSPS) is 10.2. The molecule has 0 amide bonds. The summed E-state index contributed by atoms with van der Waals surface area (Å²) in [6, 6.07) is 1.86. The van der Waals surface area contributed by atoms with Crippen LogP contribution in [0.5, 0.6) is 0 Å². The first-order valence-electron chi connectivity index (χ1n) is 3.10. The van der Waals surface area contributed by atoms with E-state index < -0.39 is 0 Å². The molecule has 0 aliphatic heterocycles. The topological polar surface area (TPSA) is 35.8 Å². The number of hydrogen-bond donors (Lipinski definition) is 1. The highest BCUT2D eigenvalue weighted by atomic mass is 35.5. The van der Waals surface area contributed by atoms with Gasteiger partial charge in [-0.05, 0) is 20.8 Å². The van der Waals surface area contributed by atoms with Crippen molar-refractivity contribution >= 4 is 23.2 Å². The highest BCUT2D eigenvalue weighted by molar-refractivity contribution is 6.56. The Hall–Kier alpha value is -0.390. The van der Waals surface area contributed by atoms with Gasteiger partial charge in [0.1, 0.15) is 16.3 Å². The van der Waals surface area contributed by atoms with E-state index in [1.165, 1.54) is 0 Å². The standard InChI is InChI=1S/C7H10Cl2N2/c1-7(2,3)11-5(4-10)6(8)9/h11H,1-3H3. The molecule has 0 atom stereocenters. The van der Waals surface area contributed by atoms with Gasteiger partial charge < -0.3 is 5.32 Å². The lowest BCUT2D eigenvalue weighted by Gasteiger charge is -2.20. The van der Waals surface area contributed by atoms with Gasteiger partial charge in [-0.15, -0.1) is 0 Å². The van der Waals surface area contributed by atoms with E-state index in [9.17, 15) is 0 Å². The second-order valence-electron chi connectivity index (χ2n) is 3.12. The third-order valence-electron chi connectivity index (χ3n) is 0.801. The Bertz CT molecular complexity index is 203. The minimum atomic E-state index is -0.194. The Balaban J connectivity index is 4.39. The van der Waals surface area contributed by atoms with Crippen molar-refractivity contribution in [3.05, 3.63) is 10.2 Å². The number of hydrogen-bond acceptors (Lipinski definition) is 2. The third-order valence-corrected chi connectivity index (χ3v) is 1.18. The largest absolute Gasteiger partial charge is 0.370 e. The first-order chi connectivity index (χ1) is 4.87. The Kier molecular flexibility index (Phi) is 3.71. The summed E-state index contributed by atoms with van der Waals surface area (Å²) in [5.41, 5.74) is 0.0148. The van der Waals surface area contributed by atoms with Crippen LogP contribution in [0.1, 0.15) is 20.8 Å². The van der Waals surface area contributed by atoms with Crippen molar-refractivity contribution in [2.24, 2.45) is 0 Å². The van der Waals surface area contributed by atoms with Crippen LogP contribution >= 0.6 is 23.2 Å². The van der Waals surface area contributed by atoms with Crippen LogP contribution in [0.4, 0.5) is 0 Å². The summed E-state index contributed by atoms with van der Waals surface area (Å²) in [6.45, 7) is 5.75. The molecule has 0 saturated heterocycles. The molecule has 0 heterocycles. The number of rotatable bonds is 1. The lowest BCUT2D eigenvalue weighted by atomic mass is 10.1. The van der Waals surface area contributed by atoms with Gasteiger partial charge >= 0.3 is 0 Å². The fraction of sp³-hybridized carbons (Fsp3) is 0.571. The minimum Gasteiger partial charge on any atom is -0.370 e. The summed E-state index contributed by atoms with van der Waals surface area (Å²) in [7, 11) is 0. The molecule has 0 fully saturated rings. The molecule has 2 nitrogen and oxygen atoms in total. The van der Waals surface area contributed by atoms with Crippen molar-refractivity contribution in [2.75, 3.05) is 0 Å². The van der Waals surface area contributed by atoms with E-state index in [1.54, 1.807) is 0 Å². The molecule has 62 valence electrons. The Morgan fingerprint density at radius 3 is 1.91 bits per heavy atom. The fourth-order valence-electron chi connectivity index (χ4n) is 0.492. The highest BCUT2D eigenvalue weighted by Crippen LogP contribution is 2.14. The van der Waals surface area contributed by atoms with Crippen molar-refractivity contribution in [1.29, 1.82) is 5.26 Å². The lowest BCUT2D eigenvalue weighted by Crippen LogP contribution is -2.34. The maximum Gasteiger partial charge on any atom is 0.144 e. The zero-order valence-corrected chi connectivity index (χ0v) is 8.22. The summed E-state index contributed by atoms with van der Waals surface area (Å²) < 4.78 is -0.0255. The second kappa shape index (κ2) is 3.85. The first-order valence-corrected chi connectivity index (χ1v) is 3.86. The molecule has 0 bridgehead atoms. The third kappa shape index (κ3) is 4.94. The molecule has 0 spiro atoms. The molecule has 11 heavy (non-hydrogen) atoms. The average molecular weight is 193 g/mol. The van der Waals surface area contributed by atoms with Crippen LogP contribution in [0.15, 0.2) is 10.2 Å². The van der Waals surface area contributed by atoms with E-state index in [2.05, 4.69) is 5.32 Å². The molecule has 0 aromatic rings. The predicted octanol–water partition coefficient (Wildman–Crippen LogP) is 2.54. The average Bonchev–Trinajstić information content (AvgIpc) is 1.80. The fourth-order valence-corrected chi connectivity index (χ4v) is 0.671. The van der Waals surface area contributed by atoms with Crippen LogP contribution in [0.25, 0.3) is 0 Å². The van der Waals surface area contributed by atoms with Gasteiger partial charge in [0.15, 0.2) is 0 Å². The maximum atomic E-state index is 8.52. The zero-order valence-electron chi connectivity index (χ0n) is 6.70. The zero-order chi connectivity index (χ0) is 9.07. The van der Waals surface area contributed by atoms with E-state index in [0.29, 0.717) is 0 Å². The molecule has 0 aromatic carbocycles. The smallest absolute Gasteiger partial charge is 0.144 e. The summed E-state index contributed by atoms with van der Waals surface area (Å²) in [5.74, 6) is 0. The van der Waals surface area contributed by atoms with Crippen LogP contribution in [0.2, 0.25) is 0 Å². The summed E-state index contributed by atoms with van der Waals surface area (Å²) in [6.07, 6.45) is 0. The van der Waals surface area contributed by atoms with Crippen LogP contribution in [0.3, 0.4) is 0 Å². The predicted molar refractivity (Wildman–Crippen MR) is 47.2 cm³/mol. The number of nitrogens with zero attached hydrogens (tertiary/aromatic N) is 1. The Morgan fingerprint density at radius 2 is 1.82 bits per heavy atom. The van der Waals surface area contributed by atoms with Gasteiger partial charge in [0, 0.05) is 5.54 Å². The lowest BCUT2D eigenvalue weighted by molar-refractivity contribution is 0.480. The van der Waals surface area contributed by atoms with Crippen molar-refractivity contribution < 1.29 is 0 Å². The maximum absolute atomic E-state index is 8.52. The van der Waals surface area contributed by atoms with Crippen molar-refractivity contribution in [3.63, 3.8) is 0 Å². The second-order valence-corrected chi connectivity index (χ2v) is 4.07. The Labute approximate surface area is 76.8 Å². The molecule has 1 N–H and O–H groups in total. The number of halogens is 2. The van der Waals surface area contributed by atoms with Gasteiger partial charge in [-0.1, -0.05) is 23.2 Å². The van der Waals surface area contributed by atoms with Gasteiger partial charge in [0.2, 0.25) is 0 Å². The highest BCUT2D eigenvalue weighted by Gasteiger charge is 2.12. The number of nitrogens with one attached hydrogen (secondary N) is 1. The first kappa shape index (κ1) is 10.6. The monoisotopic (exact) mass is 192 g/mol. The summed E-state index contributed by atoms with van der Waals surface area (Å²) >= 11 is 10.8. The molecule has 0 saturated carbocycles. The molecular weight excluding hydrogens is 183 g/mol. The Morgan fingerprint density at radius 1 is 1.36 bits per heavy atom. The summed E-state index contributed by atoms with van der Waals surface area (Å²) in [5, 5.41) is 11.4. The van der Waals surface area contributed by atoms with Crippen LogP contribution < -0.4 is 5.32 Å². The van der Waals surface area contributed by atoms with Crippen molar-refractivity contribution in [2.45, 2.75) is 26.3 Å². The quantitative estimate of drug-likeness (QED) is 0.649. The molecule has 0 aliphatic rings. The van der Waals surface area contributed by atoms with Gasteiger partial charge in [0.05, 0.1) is 0 Å². The number of allylic oxidation sites excluding steroid dienone is 1. The van der Waals surface area contributed by atoms with E-state index in [0.717, 1.165) is 0 Å². The number of nitriles is 1. The van der Waals surface area contributed by atoms with Crippen LogP contribution in [-0.4, -0.2) is 5.54 Å². The molecule has 0 aromatic heterocycles. The molecule has 0 unspecified atom stereocenters. The molecule has 4 heteroatoms. The van der Waals surface area contributed by atoms with Gasteiger partial charge in [-0.25, -0.2) is 0 Å². The van der Waals surface area contributed by atoms with E-state index >= 15 is 0 Å². The van der Waals surface area contributed by atoms with Gasteiger partial charge in [0.25, 0.3) is 0 Å². The SMILES string of the molecule is CC(C)(C)NC(C#N)=C(Cl)Cl. The molecule has 0 aliphatic carbocycles. The van der Waals surface area contributed by atoms with Crippen molar-refractivity contribution in [3.8, 4) is 6.07 Å². The minimum absolute atomic E-state index is 0.0255. The van der Waals surface area contributed by atoms with E-state index in [1.807, 2.05) is 26.8 Å². The van der Waals surface area contributed by atoms with Crippen molar-refractivity contribution in [1.82, 2.24) is 5.32 Å². The molecular formula is C7H10Cl2N2.